The van der Waals surface area contributed by atoms with Crippen molar-refractivity contribution < 1.29 is 4.79 Å². The third-order valence-corrected chi connectivity index (χ3v) is 2.70. The van der Waals surface area contributed by atoms with Crippen LogP contribution in [0.3, 0.4) is 0 Å². The van der Waals surface area contributed by atoms with Crippen molar-refractivity contribution in [3.8, 4) is 0 Å². The molecular weight excluding hydrogens is 301 g/mol. The zero-order valence-corrected chi connectivity index (χ0v) is 11.0. The molecule has 1 N–H and O–H groups in total. The van der Waals surface area contributed by atoms with Gasteiger partial charge in [-0.25, -0.2) is 0 Å². The molecule has 0 aliphatic rings. The Morgan fingerprint density at radius 2 is 2.13 bits per heavy atom. The van der Waals surface area contributed by atoms with Crippen molar-refractivity contribution in [2.45, 2.75) is 6.42 Å². The van der Waals surface area contributed by atoms with Crippen LogP contribution in [0.4, 0.5) is 0 Å². The lowest BCUT2D eigenvalue weighted by molar-refractivity contribution is -0.118. The first kappa shape index (κ1) is 12.8. The molecule has 0 aliphatic carbocycles. The van der Waals surface area contributed by atoms with E-state index in [0.717, 1.165) is 16.5 Å². The molecule has 5 heteroatoms. The Morgan fingerprint density at radius 3 is 2.73 bits per heavy atom. The van der Waals surface area contributed by atoms with Crippen LogP contribution in [0.25, 0.3) is 0 Å². The highest BCUT2D eigenvalue weighted by molar-refractivity contribution is 9.10. The smallest absolute Gasteiger partial charge is 0.234 e. The van der Waals surface area contributed by atoms with Crippen LogP contribution in [0, 0.1) is 0 Å². The number of hydrogen-bond acceptors (Lipinski definition) is 1. The molecule has 0 spiro atoms. The molecule has 0 unspecified atom stereocenters. The predicted molar refractivity (Wildman–Crippen MR) is 66.6 cm³/mol. The van der Waals surface area contributed by atoms with Crippen molar-refractivity contribution in [3.63, 3.8) is 0 Å². The highest BCUT2D eigenvalue weighted by atomic mass is 79.9. The van der Waals surface area contributed by atoms with Crippen molar-refractivity contribution >= 4 is 45.0 Å². The molecule has 0 fully saturated rings. The van der Waals surface area contributed by atoms with Gasteiger partial charge >= 0.3 is 0 Å². The van der Waals surface area contributed by atoms with Crippen LogP contribution in [0.1, 0.15) is 5.56 Å². The van der Waals surface area contributed by atoms with Gasteiger partial charge in [0.1, 0.15) is 5.88 Å². The summed E-state index contributed by atoms with van der Waals surface area (Å²) in [5.74, 6) is -0.156. The molecule has 0 aromatic heterocycles. The summed E-state index contributed by atoms with van der Waals surface area (Å²) in [6, 6.07) is 5.67. The summed E-state index contributed by atoms with van der Waals surface area (Å²) in [7, 11) is 0. The molecule has 2 nitrogen and oxygen atoms in total. The molecule has 82 valence electrons. The largest absolute Gasteiger partial charge is 0.355 e. The molecule has 0 saturated heterocycles. The number of carbonyl (C=O) groups is 1. The van der Waals surface area contributed by atoms with Crippen LogP contribution in [0.5, 0.6) is 0 Å². The molecule has 1 aromatic rings. The third kappa shape index (κ3) is 4.87. The van der Waals surface area contributed by atoms with Crippen LogP contribution >= 0.6 is 39.1 Å². The number of amides is 1. The number of halogens is 3. The fraction of sp³-hybridized carbons (Fsp3) is 0.300. The number of hydrogen-bond donors (Lipinski definition) is 1. The second-order valence-electron chi connectivity index (χ2n) is 3.01. The molecule has 0 aliphatic heterocycles. The monoisotopic (exact) mass is 309 g/mol. The van der Waals surface area contributed by atoms with Crippen LogP contribution in [0.2, 0.25) is 5.02 Å². The topological polar surface area (TPSA) is 29.1 Å². The van der Waals surface area contributed by atoms with Crippen molar-refractivity contribution in [1.29, 1.82) is 0 Å². The van der Waals surface area contributed by atoms with Crippen molar-refractivity contribution in [3.05, 3.63) is 33.3 Å². The first-order valence-electron chi connectivity index (χ1n) is 4.39. The maximum Gasteiger partial charge on any atom is 0.234 e. The Bertz CT molecular complexity index is 337. The molecule has 0 heterocycles. The number of benzene rings is 1. The van der Waals surface area contributed by atoms with Gasteiger partial charge in [0, 0.05) is 16.0 Å². The van der Waals surface area contributed by atoms with E-state index in [9.17, 15) is 4.79 Å². The van der Waals surface area contributed by atoms with Crippen LogP contribution in [0.15, 0.2) is 22.7 Å². The Morgan fingerprint density at radius 1 is 1.40 bits per heavy atom. The van der Waals surface area contributed by atoms with Crippen LogP contribution < -0.4 is 5.32 Å². The van der Waals surface area contributed by atoms with Gasteiger partial charge in [0.25, 0.3) is 0 Å². The van der Waals surface area contributed by atoms with E-state index < -0.39 is 0 Å². The average molecular weight is 311 g/mol. The van der Waals surface area contributed by atoms with E-state index >= 15 is 0 Å². The number of nitrogens with one attached hydrogen (secondary N) is 1. The van der Waals surface area contributed by atoms with Gasteiger partial charge in [-0.05, 0) is 30.2 Å². The fourth-order valence-corrected chi connectivity index (χ4v) is 2.17. The molecule has 1 amide bonds. The van der Waals surface area contributed by atoms with Crippen molar-refractivity contribution in [1.82, 2.24) is 5.32 Å². The quantitative estimate of drug-likeness (QED) is 0.851. The standard InChI is InChI=1S/C10H10BrCl2NO/c11-8-3-7(4-9(13)5-8)1-2-14-10(15)6-12/h3-5H,1-2,6H2,(H,14,15). The second-order valence-corrected chi connectivity index (χ2v) is 4.63. The lowest BCUT2D eigenvalue weighted by Gasteiger charge is -2.04. The molecule has 0 saturated carbocycles. The Labute approximate surface area is 107 Å². The average Bonchev–Trinajstić information content (AvgIpc) is 2.16. The summed E-state index contributed by atoms with van der Waals surface area (Å²) in [4.78, 5) is 10.9. The van der Waals surface area contributed by atoms with Gasteiger partial charge in [-0.3, -0.25) is 4.79 Å². The van der Waals surface area contributed by atoms with E-state index in [1.54, 1.807) is 0 Å². The molecular formula is C10H10BrCl2NO. The van der Waals surface area contributed by atoms with Gasteiger partial charge < -0.3 is 5.32 Å². The summed E-state index contributed by atoms with van der Waals surface area (Å²) in [5.41, 5.74) is 1.07. The number of carbonyl (C=O) groups excluding carboxylic acids is 1. The minimum absolute atomic E-state index is 0.000754. The van der Waals surface area contributed by atoms with E-state index in [-0.39, 0.29) is 11.8 Å². The summed E-state index contributed by atoms with van der Waals surface area (Å²) in [5, 5.41) is 3.37. The van der Waals surface area contributed by atoms with Crippen LogP contribution in [-0.2, 0) is 11.2 Å². The highest BCUT2D eigenvalue weighted by Crippen LogP contribution is 2.19. The van der Waals surface area contributed by atoms with Gasteiger partial charge in [0.2, 0.25) is 5.91 Å². The predicted octanol–water partition coefficient (Wildman–Crippen LogP) is 3.00. The highest BCUT2D eigenvalue weighted by Gasteiger charge is 2.00. The molecule has 1 aromatic carbocycles. The first-order chi connectivity index (χ1) is 7.11. The summed E-state index contributed by atoms with van der Waals surface area (Å²) >= 11 is 14.6. The minimum atomic E-state index is -0.155. The third-order valence-electron chi connectivity index (χ3n) is 1.78. The summed E-state index contributed by atoms with van der Waals surface area (Å²) in [6.07, 6.45) is 0.738. The number of rotatable bonds is 4. The van der Waals surface area contributed by atoms with E-state index in [4.69, 9.17) is 23.2 Å². The minimum Gasteiger partial charge on any atom is -0.355 e. The number of alkyl halides is 1. The zero-order valence-electron chi connectivity index (χ0n) is 7.90. The van der Waals surface area contributed by atoms with Crippen molar-refractivity contribution in [2.24, 2.45) is 0 Å². The Balaban J connectivity index is 2.47. The lowest BCUT2D eigenvalue weighted by Crippen LogP contribution is -2.26. The van der Waals surface area contributed by atoms with Gasteiger partial charge in [-0.2, -0.15) is 0 Å². The first-order valence-corrected chi connectivity index (χ1v) is 6.10. The van der Waals surface area contributed by atoms with Gasteiger partial charge in [0.15, 0.2) is 0 Å². The fourth-order valence-electron chi connectivity index (χ4n) is 1.15. The van der Waals surface area contributed by atoms with E-state index in [0.29, 0.717) is 11.6 Å². The Hall–Kier alpha value is -0.250. The Kier molecular flexibility index (Phi) is 5.43. The van der Waals surface area contributed by atoms with E-state index in [1.807, 2.05) is 18.2 Å². The second kappa shape index (κ2) is 6.36. The van der Waals surface area contributed by atoms with Gasteiger partial charge in [0.05, 0.1) is 0 Å². The SMILES string of the molecule is O=C(CCl)NCCc1cc(Cl)cc(Br)c1. The molecule has 1 rings (SSSR count). The molecule has 0 atom stereocenters. The van der Waals surface area contributed by atoms with E-state index in [1.165, 1.54) is 0 Å². The molecule has 0 radical (unpaired) electrons. The molecule has 0 bridgehead atoms. The summed E-state index contributed by atoms with van der Waals surface area (Å²) < 4.78 is 0.939. The zero-order chi connectivity index (χ0) is 11.3. The summed E-state index contributed by atoms with van der Waals surface area (Å²) in [6.45, 7) is 0.568. The van der Waals surface area contributed by atoms with Crippen molar-refractivity contribution in [2.75, 3.05) is 12.4 Å². The van der Waals surface area contributed by atoms with Gasteiger partial charge in [-0.15, -0.1) is 11.6 Å². The van der Waals surface area contributed by atoms with Gasteiger partial charge in [-0.1, -0.05) is 27.5 Å². The normalized spacial score (nSPS) is 10.1. The van der Waals surface area contributed by atoms with Crippen LogP contribution in [-0.4, -0.2) is 18.3 Å². The lowest BCUT2D eigenvalue weighted by atomic mass is 10.1. The maximum absolute atomic E-state index is 10.9. The van der Waals surface area contributed by atoms with E-state index in [2.05, 4.69) is 21.2 Å². The maximum atomic E-state index is 10.9. The molecule has 15 heavy (non-hydrogen) atoms.